The molecule has 0 unspecified atom stereocenters. The van der Waals surface area contributed by atoms with Gasteiger partial charge in [0, 0.05) is 6.07 Å². The van der Waals surface area contributed by atoms with Crippen LogP contribution < -0.4 is 4.74 Å². The number of nitrogens with one attached hydrogen (secondary N) is 1. The predicted octanol–water partition coefficient (Wildman–Crippen LogP) is 1.62. The number of nitrogens with zero attached hydrogens (tertiary/aromatic N) is 5. The molecule has 0 saturated heterocycles. The Morgan fingerprint density at radius 2 is 1.95 bits per heavy atom. The van der Waals surface area contributed by atoms with Gasteiger partial charge in [-0.2, -0.15) is 10.5 Å². The van der Waals surface area contributed by atoms with Crippen LogP contribution >= 0.6 is 17.0 Å². The zero-order valence-electron chi connectivity index (χ0n) is 9.73. The van der Waals surface area contributed by atoms with Crippen LogP contribution in [0.2, 0.25) is 0 Å². The van der Waals surface area contributed by atoms with Crippen LogP contribution in [0.1, 0.15) is 5.56 Å². The molecule has 0 saturated carbocycles. The van der Waals surface area contributed by atoms with Gasteiger partial charge >= 0.3 is 6.01 Å². The van der Waals surface area contributed by atoms with E-state index >= 15 is 0 Å². The molecule has 98 valence electrons. The number of H-pyrrole nitrogens is 1. The van der Waals surface area contributed by atoms with Crippen molar-refractivity contribution < 1.29 is 9.84 Å². The van der Waals surface area contributed by atoms with E-state index in [1.54, 1.807) is 12.1 Å². The number of tetrazole rings is 1. The molecule has 0 amide bonds. The van der Waals surface area contributed by atoms with E-state index in [1.165, 1.54) is 18.2 Å². The first-order valence-corrected chi connectivity index (χ1v) is 4.66. The van der Waals surface area contributed by atoms with E-state index in [0.717, 1.165) is 5.56 Å². The number of benzene rings is 1. The van der Waals surface area contributed by atoms with Gasteiger partial charge in [0.05, 0.1) is 0 Å². The van der Waals surface area contributed by atoms with Gasteiger partial charge in [0.15, 0.2) is 12.1 Å². The smallest absolute Gasteiger partial charge is 0.338 e. The quantitative estimate of drug-likeness (QED) is 0.857. The van der Waals surface area contributed by atoms with E-state index in [2.05, 4.69) is 20.6 Å². The lowest BCUT2D eigenvalue weighted by atomic mass is 10.2. The SMILES string of the molecule is Br.Cc1cc(O)cc(Oc2nnn[nH]2)c1.N#CC#N. The van der Waals surface area contributed by atoms with Crippen molar-refractivity contribution in [2.75, 3.05) is 0 Å². The number of aromatic nitrogens is 4. The third kappa shape index (κ3) is 6.00. The van der Waals surface area contributed by atoms with Crippen LogP contribution in [0.4, 0.5) is 0 Å². The molecular formula is C10H9BrN6O2. The van der Waals surface area contributed by atoms with Crippen LogP contribution in [0.3, 0.4) is 0 Å². The normalized spacial score (nSPS) is 7.95. The second-order valence-corrected chi connectivity index (χ2v) is 3.04. The largest absolute Gasteiger partial charge is 0.508 e. The van der Waals surface area contributed by atoms with E-state index < -0.39 is 0 Å². The lowest BCUT2D eigenvalue weighted by molar-refractivity contribution is 0.431. The summed E-state index contributed by atoms with van der Waals surface area (Å²) in [5.41, 5.74) is 0.896. The standard InChI is InChI=1S/C8H8N4O2.C2N2.BrH/c1-5-2-6(13)4-7(3-5)14-8-9-11-12-10-8;3-1-2-4;/h2-4,13H,1H3,(H,9,10,11,12);;1H. The minimum atomic E-state index is 0. The molecule has 1 aromatic carbocycles. The molecule has 0 atom stereocenters. The number of hydrogen-bond acceptors (Lipinski definition) is 7. The molecule has 0 aliphatic heterocycles. The number of nitriles is 2. The highest BCUT2D eigenvalue weighted by Crippen LogP contribution is 2.23. The van der Waals surface area contributed by atoms with Gasteiger partial charge in [-0.05, 0) is 35.0 Å². The summed E-state index contributed by atoms with van der Waals surface area (Å²) in [5, 5.41) is 36.5. The Balaban J connectivity index is 0.000000576. The maximum absolute atomic E-state index is 9.28. The molecule has 0 radical (unpaired) electrons. The summed E-state index contributed by atoms with van der Waals surface area (Å²) in [5.74, 6) is 0.633. The van der Waals surface area contributed by atoms with Gasteiger partial charge in [0.1, 0.15) is 11.5 Å². The molecular weight excluding hydrogens is 316 g/mol. The molecule has 0 aliphatic rings. The van der Waals surface area contributed by atoms with E-state index in [4.69, 9.17) is 15.3 Å². The first-order valence-electron chi connectivity index (χ1n) is 4.66. The second-order valence-electron chi connectivity index (χ2n) is 3.04. The van der Waals surface area contributed by atoms with Crippen LogP contribution in [0.25, 0.3) is 0 Å². The van der Waals surface area contributed by atoms with Gasteiger partial charge in [-0.1, -0.05) is 5.10 Å². The van der Waals surface area contributed by atoms with Crippen molar-refractivity contribution in [2.45, 2.75) is 6.92 Å². The van der Waals surface area contributed by atoms with Crippen LogP contribution in [0, 0.1) is 29.6 Å². The van der Waals surface area contributed by atoms with Crippen molar-refractivity contribution in [3.05, 3.63) is 23.8 Å². The fourth-order valence-electron chi connectivity index (χ4n) is 1.09. The Morgan fingerprint density at radius 1 is 1.26 bits per heavy atom. The Morgan fingerprint density at radius 3 is 2.42 bits per heavy atom. The Labute approximate surface area is 119 Å². The Hall–Kier alpha value is -2.65. The zero-order valence-corrected chi connectivity index (χ0v) is 11.4. The zero-order chi connectivity index (χ0) is 13.4. The summed E-state index contributed by atoms with van der Waals surface area (Å²) >= 11 is 0. The third-order valence-corrected chi connectivity index (χ3v) is 1.63. The van der Waals surface area contributed by atoms with Crippen molar-refractivity contribution in [1.29, 1.82) is 10.5 Å². The number of aromatic hydroxyl groups is 1. The van der Waals surface area contributed by atoms with Gasteiger partial charge in [-0.15, -0.1) is 17.0 Å². The lowest BCUT2D eigenvalue weighted by Gasteiger charge is -2.02. The van der Waals surface area contributed by atoms with Crippen LogP contribution in [-0.2, 0) is 0 Å². The van der Waals surface area contributed by atoms with Crippen molar-refractivity contribution in [1.82, 2.24) is 20.6 Å². The molecule has 0 fully saturated rings. The highest BCUT2D eigenvalue weighted by Gasteiger charge is 2.02. The maximum atomic E-state index is 9.28. The average molecular weight is 325 g/mol. The van der Waals surface area contributed by atoms with Crippen LogP contribution in [-0.4, -0.2) is 25.7 Å². The number of phenols is 1. The van der Waals surface area contributed by atoms with Crippen molar-refractivity contribution >= 4 is 17.0 Å². The molecule has 19 heavy (non-hydrogen) atoms. The first kappa shape index (κ1) is 16.4. The summed E-state index contributed by atoms with van der Waals surface area (Å²) in [6.45, 7) is 1.85. The number of aromatic amines is 1. The topological polar surface area (TPSA) is 131 Å². The summed E-state index contributed by atoms with van der Waals surface area (Å²) in [7, 11) is 0. The molecule has 9 heteroatoms. The lowest BCUT2D eigenvalue weighted by Crippen LogP contribution is -1.87. The molecule has 1 heterocycles. The molecule has 1 aromatic heterocycles. The second kappa shape index (κ2) is 8.44. The fourth-order valence-corrected chi connectivity index (χ4v) is 1.09. The summed E-state index contributed by atoms with van der Waals surface area (Å²) < 4.78 is 5.23. The molecule has 0 spiro atoms. The van der Waals surface area contributed by atoms with E-state index in [9.17, 15) is 5.11 Å². The van der Waals surface area contributed by atoms with Crippen molar-refractivity contribution in [3.8, 4) is 29.6 Å². The molecule has 2 N–H and O–H groups in total. The molecule has 2 aromatic rings. The van der Waals surface area contributed by atoms with Gasteiger partial charge in [-0.25, -0.2) is 5.10 Å². The van der Waals surface area contributed by atoms with Gasteiger partial charge < -0.3 is 9.84 Å². The first-order chi connectivity index (χ1) is 8.65. The molecule has 0 bridgehead atoms. The molecule has 8 nitrogen and oxygen atoms in total. The predicted molar refractivity (Wildman–Crippen MR) is 68.6 cm³/mol. The van der Waals surface area contributed by atoms with Crippen LogP contribution in [0.15, 0.2) is 18.2 Å². The number of phenolic OH excluding ortho intramolecular Hbond substituents is 1. The number of halogens is 1. The minimum absolute atomic E-state index is 0. The number of aryl methyl sites for hydroxylation is 1. The Kier molecular flexibility index (Phi) is 7.26. The Bertz CT molecular complexity index is 555. The summed E-state index contributed by atoms with van der Waals surface area (Å²) in [6.07, 6.45) is 0. The number of ether oxygens (including phenoxy) is 1. The number of rotatable bonds is 2. The summed E-state index contributed by atoms with van der Waals surface area (Å²) in [6, 6.07) is 7.54. The highest BCUT2D eigenvalue weighted by molar-refractivity contribution is 8.93. The van der Waals surface area contributed by atoms with Crippen molar-refractivity contribution in [3.63, 3.8) is 0 Å². The van der Waals surface area contributed by atoms with Crippen LogP contribution in [0.5, 0.6) is 17.5 Å². The van der Waals surface area contributed by atoms with E-state index in [0.29, 0.717) is 5.75 Å². The maximum Gasteiger partial charge on any atom is 0.338 e. The van der Waals surface area contributed by atoms with Gasteiger partial charge in [0.2, 0.25) is 0 Å². The minimum Gasteiger partial charge on any atom is -0.508 e. The van der Waals surface area contributed by atoms with E-state index in [-0.39, 0.29) is 28.7 Å². The van der Waals surface area contributed by atoms with Crippen molar-refractivity contribution in [2.24, 2.45) is 0 Å². The fraction of sp³-hybridized carbons (Fsp3) is 0.100. The van der Waals surface area contributed by atoms with Gasteiger partial charge in [0.25, 0.3) is 0 Å². The number of hydrogen-bond donors (Lipinski definition) is 2. The summed E-state index contributed by atoms with van der Waals surface area (Å²) in [4.78, 5) is 0. The molecule has 0 aliphatic carbocycles. The average Bonchev–Trinajstić information content (AvgIpc) is 2.81. The molecule has 2 rings (SSSR count). The highest BCUT2D eigenvalue weighted by atomic mass is 79.9. The van der Waals surface area contributed by atoms with Gasteiger partial charge in [-0.3, -0.25) is 0 Å². The third-order valence-electron chi connectivity index (χ3n) is 1.63. The monoisotopic (exact) mass is 324 g/mol. The van der Waals surface area contributed by atoms with E-state index in [1.807, 2.05) is 6.92 Å².